The van der Waals surface area contributed by atoms with Gasteiger partial charge >= 0.3 is 0 Å². The summed E-state index contributed by atoms with van der Waals surface area (Å²) in [6.45, 7) is 6.01. The summed E-state index contributed by atoms with van der Waals surface area (Å²) in [6.07, 6.45) is 46.6. The van der Waals surface area contributed by atoms with E-state index in [9.17, 15) is 9.59 Å². The summed E-state index contributed by atoms with van der Waals surface area (Å²) in [5.74, 6) is 0.218. The molecule has 1 N–H and O–H groups in total. The predicted molar refractivity (Wildman–Crippen MR) is 197 cm³/mol. The van der Waals surface area contributed by atoms with Crippen LogP contribution in [-0.2, 0) is 9.59 Å². The van der Waals surface area contributed by atoms with E-state index in [1.54, 1.807) is 0 Å². The molecule has 1 fully saturated rings. The Hall–Kier alpha value is -1.58. The summed E-state index contributed by atoms with van der Waals surface area (Å²) >= 11 is 0. The third-order valence-electron chi connectivity index (χ3n) is 9.52. The van der Waals surface area contributed by atoms with Crippen molar-refractivity contribution in [3.05, 3.63) is 24.3 Å². The molecular weight excluding hydrogens is 552 g/mol. The summed E-state index contributed by atoms with van der Waals surface area (Å²) < 4.78 is 0. The van der Waals surface area contributed by atoms with Crippen molar-refractivity contribution in [2.45, 2.75) is 213 Å². The fourth-order valence-corrected chi connectivity index (χ4v) is 6.53. The summed E-state index contributed by atoms with van der Waals surface area (Å²) in [4.78, 5) is 27.5. The zero-order valence-electron chi connectivity index (χ0n) is 30.3. The fraction of sp³-hybridized carbons (Fsp3) is 0.854. The molecule has 4 heteroatoms. The van der Waals surface area contributed by atoms with E-state index in [0.717, 1.165) is 64.5 Å². The van der Waals surface area contributed by atoms with Gasteiger partial charge in [0.25, 0.3) is 0 Å². The number of carbonyl (C=O) groups excluding carboxylic acids is 2. The highest BCUT2D eigenvalue weighted by Crippen LogP contribution is 2.20. The van der Waals surface area contributed by atoms with E-state index in [-0.39, 0.29) is 17.9 Å². The lowest BCUT2D eigenvalue weighted by Gasteiger charge is -2.24. The van der Waals surface area contributed by atoms with Crippen LogP contribution in [-0.4, -0.2) is 35.8 Å². The van der Waals surface area contributed by atoms with Gasteiger partial charge in [-0.05, 0) is 77.0 Å². The highest BCUT2D eigenvalue weighted by molar-refractivity contribution is 5.88. The maximum Gasteiger partial charge on any atom is 0.242 e. The minimum absolute atomic E-state index is 0.0526. The molecule has 1 heterocycles. The van der Waals surface area contributed by atoms with Gasteiger partial charge in [-0.2, -0.15) is 0 Å². The molecule has 1 aliphatic heterocycles. The Labute approximate surface area is 281 Å². The summed E-state index contributed by atoms with van der Waals surface area (Å²) in [6, 6.07) is -0.255. The molecule has 0 aliphatic carbocycles. The molecule has 0 aromatic heterocycles. The third-order valence-corrected chi connectivity index (χ3v) is 9.52. The van der Waals surface area contributed by atoms with Crippen LogP contribution in [0.2, 0.25) is 0 Å². The van der Waals surface area contributed by atoms with Crippen molar-refractivity contribution in [2.75, 3.05) is 13.1 Å². The molecule has 0 radical (unpaired) electrons. The molecule has 1 aliphatic rings. The van der Waals surface area contributed by atoms with Crippen LogP contribution in [0.15, 0.2) is 24.3 Å². The van der Waals surface area contributed by atoms with Gasteiger partial charge in [-0.15, -0.1) is 0 Å². The zero-order valence-corrected chi connectivity index (χ0v) is 30.3. The van der Waals surface area contributed by atoms with Crippen LogP contribution >= 0.6 is 0 Å². The second-order valence-corrected chi connectivity index (χ2v) is 13.8. The molecule has 0 aromatic carbocycles. The van der Waals surface area contributed by atoms with Crippen LogP contribution in [0.1, 0.15) is 206 Å². The Morgan fingerprint density at radius 3 is 1.42 bits per heavy atom. The number of rotatable bonds is 32. The number of nitrogens with one attached hydrogen (secondary N) is 1. The third kappa shape index (κ3) is 25.2. The van der Waals surface area contributed by atoms with Crippen molar-refractivity contribution < 1.29 is 9.59 Å². The predicted octanol–water partition coefficient (Wildman–Crippen LogP) is 12.2. The molecule has 0 spiro atoms. The largest absolute Gasteiger partial charge is 0.354 e. The van der Waals surface area contributed by atoms with Gasteiger partial charge in [0, 0.05) is 19.5 Å². The average Bonchev–Trinajstić information content (AvgIpc) is 3.55. The Morgan fingerprint density at radius 2 is 0.956 bits per heavy atom. The number of hydrogen-bond donors (Lipinski definition) is 1. The van der Waals surface area contributed by atoms with Crippen LogP contribution in [0.25, 0.3) is 0 Å². The van der Waals surface area contributed by atoms with Gasteiger partial charge in [-0.25, -0.2) is 0 Å². The van der Waals surface area contributed by atoms with E-state index in [2.05, 4.69) is 43.5 Å². The SMILES string of the molecule is CCCCCCCCCCC/C=C\CCCCC(=O)N1CCC[C@H]1C(=O)NCCCC/C=C\CCCCCCCCCCCC. The number of nitrogens with zero attached hydrogens (tertiary/aromatic N) is 1. The highest BCUT2D eigenvalue weighted by atomic mass is 16.2. The van der Waals surface area contributed by atoms with Crippen LogP contribution in [0.4, 0.5) is 0 Å². The van der Waals surface area contributed by atoms with Gasteiger partial charge in [0.15, 0.2) is 0 Å². The zero-order chi connectivity index (χ0) is 32.5. The first-order chi connectivity index (χ1) is 22.2. The molecule has 262 valence electrons. The second kappa shape index (κ2) is 32.4. The Balaban J connectivity index is 1.97. The summed E-state index contributed by atoms with van der Waals surface area (Å²) in [5, 5.41) is 3.11. The number of carbonyl (C=O) groups is 2. The number of hydrogen-bond acceptors (Lipinski definition) is 2. The van der Waals surface area contributed by atoms with Crippen LogP contribution in [0, 0.1) is 0 Å². The molecule has 45 heavy (non-hydrogen) atoms. The molecule has 4 nitrogen and oxygen atoms in total. The normalized spacial score (nSPS) is 15.2. The van der Waals surface area contributed by atoms with Crippen LogP contribution < -0.4 is 5.32 Å². The molecule has 1 rings (SSSR count). The Morgan fingerprint density at radius 1 is 0.556 bits per heavy atom. The van der Waals surface area contributed by atoms with Gasteiger partial charge in [-0.1, -0.05) is 147 Å². The molecule has 1 saturated heterocycles. The van der Waals surface area contributed by atoms with Crippen molar-refractivity contribution in [3.63, 3.8) is 0 Å². The van der Waals surface area contributed by atoms with Crippen LogP contribution in [0.5, 0.6) is 0 Å². The molecule has 0 unspecified atom stereocenters. The van der Waals surface area contributed by atoms with E-state index >= 15 is 0 Å². The van der Waals surface area contributed by atoms with Crippen molar-refractivity contribution in [3.8, 4) is 0 Å². The maximum atomic E-state index is 12.8. The van der Waals surface area contributed by atoms with Gasteiger partial charge in [0.2, 0.25) is 11.8 Å². The topological polar surface area (TPSA) is 49.4 Å². The molecule has 0 aromatic rings. The lowest BCUT2D eigenvalue weighted by Crippen LogP contribution is -2.46. The average molecular weight is 629 g/mol. The van der Waals surface area contributed by atoms with E-state index in [4.69, 9.17) is 0 Å². The minimum atomic E-state index is -0.255. The molecule has 0 bridgehead atoms. The lowest BCUT2D eigenvalue weighted by atomic mass is 10.1. The highest BCUT2D eigenvalue weighted by Gasteiger charge is 2.33. The molecule has 2 amide bonds. The first-order valence-electron chi connectivity index (χ1n) is 20.1. The number of allylic oxidation sites excluding steroid dienone is 4. The van der Waals surface area contributed by atoms with Crippen molar-refractivity contribution >= 4 is 11.8 Å². The lowest BCUT2D eigenvalue weighted by molar-refractivity contribution is -0.138. The number of likely N-dealkylation sites (tertiary alicyclic amines) is 1. The Bertz CT molecular complexity index is 731. The summed E-state index contributed by atoms with van der Waals surface area (Å²) in [5.41, 5.74) is 0. The van der Waals surface area contributed by atoms with Gasteiger partial charge < -0.3 is 10.2 Å². The van der Waals surface area contributed by atoms with E-state index in [0.29, 0.717) is 6.42 Å². The maximum absolute atomic E-state index is 12.8. The molecule has 0 saturated carbocycles. The first kappa shape index (κ1) is 41.4. The smallest absolute Gasteiger partial charge is 0.242 e. The van der Waals surface area contributed by atoms with Gasteiger partial charge in [0.05, 0.1) is 0 Å². The van der Waals surface area contributed by atoms with Crippen molar-refractivity contribution in [1.82, 2.24) is 10.2 Å². The summed E-state index contributed by atoms with van der Waals surface area (Å²) in [7, 11) is 0. The van der Waals surface area contributed by atoms with Crippen molar-refractivity contribution in [2.24, 2.45) is 0 Å². The molecule has 1 atom stereocenters. The quantitative estimate of drug-likeness (QED) is 0.0595. The minimum Gasteiger partial charge on any atom is -0.354 e. The Kier molecular flexibility index (Phi) is 29.8. The van der Waals surface area contributed by atoms with Crippen LogP contribution in [0.3, 0.4) is 0 Å². The van der Waals surface area contributed by atoms with Gasteiger partial charge in [0.1, 0.15) is 6.04 Å². The number of amides is 2. The number of unbranched alkanes of at least 4 members (excludes halogenated alkanes) is 23. The fourth-order valence-electron chi connectivity index (χ4n) is 6.53. The van der Waals surface area contributed by atoms with E-state index in [1.165, 1.54) is 135 Å². The monoisotopic (exact) mass is 629 g/mol. The second-order valence-electron chi connectivity index (χ2n) is 13.8. The van der Waals surface area contributed by atoms with E-state index < -0.39 is 0 Å². The van der Waals surface area contributed by atoms with Gasteiger partial charge in [-0.3, -0.25) is 9.59 Å². The molecular formula is C41H76N2O2. The standard InChI is InChI=1S/C41H76N2O2/c1-3-5-7-9-11-13-15-17-19-21-23-25-27-29-31-33-37-42-41(45)39-35-34-38-43(39)40(44)36-32-30-28-26-24-22-20-18-16-14-12-10-8-6-4-2/h24-27,39H,3-23,28-38H2,1-2H3,(H,42,45)/b26-24-,27-25-/t39-/m0/s1. The van der Waals surface area contributed by atoms with Crippen molar-refractivity contribution in [1.29, 1.82) is 0 Å². The van der Waals surface area contributed by atoms with E-state index in [1.807, 2.05) is 4.90 Å². The first-order valence-corrected chi connectivity index (χ1v) is 20.1.